The van der Waals surface area contributed by atoms with Gasteiger partial charge < -0.3 is 21.1 Å². The van der Waals surface area contributed by atoms with Crippen LogP contribution in [-0.4, -0.2) is 53.7 Å². The highest BCUT2D eigenvalue weighted by Gasteiger charge is 2.42. The van der Waals surface area contributed by atoms with Crippen molar-refractivity contribution in [1.82, 2.24) is 4.90 Å². The molecule has 1 aliphatic carbocycles. The van der Waals surface area contributed by atoms with Crippen LogP contribution in [0.5, 0.6) is 0 Å². The Bertz CT molecular complexity index is 818. The molecule has 2 heterocycles. The fraction of sp³-hybridized carbons (Fsp3) is 0.571. The quantitative estimate of drug-likeness (QED) is 0.792. The topological polar surface area (TPSA) is 110 Å². The monoisotopic (exact) mass is 398 g/mol. The number of morpholine rings is 1. The van der Waals surface area contributed by atoms with Gasteiger partial charge in [0.15, 0.2) is 0 Å². The molecule has 0 bridgehead atoms. The number of guanidine groups is 2. The van der Waals surface area contributed by atoms with E-state index in [1.165, 1.54) is 6.42 Å². The lowest BCUT2D eigenvalue weighted by atomic mass is 9.87. The van der Waals surface area contributed by atoms with Gasteiger partial charge in [-0.2, -0.15) is 4.99 Å². The van der Waals surface area contributed by atoms with Gasteiger partial charge in [-0.3, -0.25) is 9.69 Å². The molecule has 8 heteroatoms. The number of hydrogen-bond acceptors (Lipinski definition) is 7. The Morgan fingerprint density at radius 1 is 1.07 bits per heavy atom. The second-order valence-electron chi connectivity index (χ2n) is 8.33. The summed E-state index contributed by atoms with van der Waals surface area (Å²) in [7, 11) is 0. The minimum absolute atomic E-state index is 0.0217. The van der Waals surface area contributed by atoms with Gasteiger partial charge in [-0.15, -0.1) is 0 Å². The Kier molecular flexibility index (Phi) is 5.21. The lowest BCUT2D eigenvalue weighted by molar-refractivity contribution is -0.0586. The maximum atomic E-state index is 13.0. The van der Waals surface area contributed by atoms with E-state index in [0.29, 0.717) is 24.6 Å². The molecule has 156 valence electrons. The van der Waals surface area contributed by atoms with Crippen molar-refractivity contribution in [2.45, 2.75) is 63.8 Å². The number of amides is 1. The van der Waals surface area contributed by atoms with Gasteiger partial charge in [0.1, 0.15) is 5.66 Å². The van der Waals surface area contributed by atoms with E-state index in [1.807, 2.05) is 47.9 Å². The second kappa shape index (κ2) is 7.67. The SMILES string of the molecule is CC1CN(C(=O)c2ccc(N3C(N)=NC(N)=NC34CCCCC4)cc2)CC(C)O1. The molecule has 2 fully saturated rings. The lowest BCUT2D eigenvalue weighted by Gasteiger charge is -2.45. The van der Waals surface area contributed by atoms with Crippen molar-refractivity contribution >= 4 is 23.5 Å². The van der Waals surface area contributed by atoms with Crippen LogP contribution in [0, 0.1) is 0 Å². The van der Waals surface area contributed by atoms with E-state index >= 15 is 0 Å². The van der Waals surface area contributed by atoms with Crippen LogP contribution >= 0.6 is 0 Å². The first kappa shape index (κ1) is 19.7. The van der Waals surface area contributed by atoms with Gasteiger partial charge in [-0.05, 0) is 63.8 Å². The first-order valence-electron chi connectivity index (χ1n) is 10.4. The van der Waals surface area contributed by atoms with E-state index in [9.17, 15) is 4.79 Å². The second-order valence-corrected chi connectivity index (χ2v) is 8.33. The molecule has 0 aromatic heterocycles. The molecule has 4 N–H and O–H groups in total. The molecular weight excluding hydrogens is 368 g/mol. The number of anilines is 1. The summed E-state index contributed by atoms with van der Waals surface area (Å²) in [5.41, 5.74) is 13.3. The summed E-state index contributed by atoms with van der Waals surface area (Å²) in [6.07, 6.45) is 5.19. The van der Waals surface area contributed by atoms with Crippen molar-refractivity contribution in [2.24, 2.45) is 21.5 Å². The molecule has 1 spiro atoms. The number of ether oxygens (including phenoxy) is 1. The molecule has 29 heavy (non-hydrogen) atoms. The van der Waals surface area contributed by atoms with Crippen molar-refractivity contribution in [1.29, 1.82) is 0 Å². The van der Waals surface area contributed by atoms with Gasteiger partial charge in [-0.1, -0.05) is 6.42 Å². The molecule has 0 radical (unpaired) electrons. The zero-order valence-corrected chi connectivity index (χ0v) is 17.2. The maximum Gasteiger partial charge on any atom is 0.254 e. The van der Waals surface area contributed by atoms with Crippen LogP contribution in [-0.2, 0) is 4.74 Å². The first-order valence-corrected chi connectivity index (χ1v) is 10.4. The highest BCUT2D eigenvalue weighted by atomic mass is 16.5. The fourth-order valence-electron chi connectivity index (χ4n) is 4.77. The molecule has 1 saturated heterocycles. The Hall–Kier alpha value is -2.61. The average Bonchev–Trinajstić information content (AvgIpc) is 2.67. The van der Waals surface area contributed by atoms with E-state index in [-0.39, 0.29) is 24.1 Å². The van der Waals surface area contributed by atoms with Gasteiger partial charge >= 0.3 is 0 Å². The van der Waals surface area contributed by atoms with Crippen molar-refractivity contribution in [3.63, 3.8) is 0 Å². The highest BCUT2D eigenvalue weighted by molar-refractivity contribution is 6.06. The molecule has 2 aliphatic heterocycles. The Labute approximate surface area is 171 Å². The van der Waals surface area contributed by atoms with Gasteiger partial charge in [0.25, 0.3) is 5.91 Å². The first-order chi connectivity index (χ1) is 13.9. The molecule has 4 rings (SSSR count). The molecule has 1 aromatic rings. The van der Waals surface area contributed by atoms with E-state index in [4.69, 9.17) is 21.2 Å². The fourth-order valence-corrected chi connectivity index (χ4v) is 4.77. The van der Waals surface area contributed by atoms with Crippen molar-refractivity contribution in [2.75, 3.05) is 18.0 Å². The third-order valence-corrected chi connectivity index (χ3v) is 5.93. The molecular formula is C21H30N6O2. The Morgan fingerprint density at radius 2 is 1.69 bits per heavy atom. The van der Waals surface area contributed by atoms with Crippen LogP contribution in [0.2, 0.25) is 0 Å². The third-order valence-electron chi connectivity index (χ3n) is 5.93. The standard InChI is InChI=1S/C21H30N6O2/c1-14-12-26(13-15(2)29-14)18(28)16-6-8-17(9-7-16)27-20(23)24-19(22)25-21(27)10-4-3-5-11-21/h6-9,14-15H,3-5,10-13H2,1-2H3,(H4,22,23,24,25). The number of carbonyl (C=O) groups excluding carboxylic acids is 1. The summed E-state index contributed by atoms with van der Waals surface area (Å²) in [4.78, 5) is 25.7. The minimum atomic E-state index is -0.477. The van der Waals surface area contributed by atoms with Gasteiger partial charge in [0.05, 0.1) is 12.2 Å². The predicted octanol–water partition coefficient (Wildman–Crippen LogP) is 2.05. The van der Waals surface area contributed by atoms with Gasteiger partial charge in [0, 0.05) is 24.3 Å². The zero-order valence-electron chi connectivity index (χ0n) is 17.2. The van der Waals surface area contributed by atoms with E-state index in [0.717, 1.165) is 31.4 Å². The molecule has 3 aliphatic rings. The predicted molar refractivity (Wildman–Crippen MR) is 114 cm³/mol. The van der Waals surface area contributed by atoms with Gasteiger partial charge in [0.2, 0.25) is 11.9 Å². The molecule has 1 saturated carbocycles. The smallest absolute Gasteiger partial charge is 0.254 e. The highest BCUT2D eigenvalue weighted by Crippen LogP contribution is 2.39. The Morgan fingerprint density at radius 3 is 2.31 bits per heavy atom. The number of hydrogen-bond donors (Lipinski definition) is 2. The normalized spacial score (nSPS) is 26.8. The van der Waals surface area contributed by atoms with Crippen LogP contribution in [0.3, 0.4) is 0 Å². The maximum absolute atomic E-state index is 13.0. The van der Waals surface area contributed by atoms with E-state index in [1.54, 1.807) is 0 Å². The summed E-state index contributed by atoms with van der Waals surface area (Å²) in [6, 6.07) is 7.56. The van der Waals surface area contributed by atoms with Crippen molar-refractivity contribution in [3.8, 4) is 0 Å². The van der Waals surface area contributed by atoms with E-state index < -0.39 is 5.66 Å². The molecule has 2 unspecified atom stereocenters. The lowest BCUT2D eigenvalue weighted by Crippen LogP contribution is -2.58. The van der Waals surface area contributed by atoms with E-state index in [2.05, 4.69) is 4.99 Å². The number of aliphatic imine (C=N–C) groups is 2. The minimum Gasteiger partial charge on any atom is -0.372 e. The van der Waals surface area contributed by atoms with Crippen LogP contribution in [0.25, 0.3) is 0 Å². The van der Waals surface area contributed by atoms with Gasteiger partial charge in [-0.25, -0.2) is 4.99 Å². The largest absolute Gasteiger partial charge is 0.372 e. The summed E-state index contributed by atoms with van der Waals surface area (Å²) in [5.74, 6) is 0.616. The van der Waals surface area contributed by atoms with Crippen molar-refractivity contribution in [3.05, 3.63) is 29.8 Å². The third kappa shape index (κ3) is 3.81. The van der Waals surface area contributed by atoms with Crippen molar-refractivity contribution < 1.29 is 9.53 Å². The summed E-state index contributed by atoms with van der Waals surface area (Å²) < 4.78 is 5.73. The van der Waals surface area contributed by atoms with Crippen LogP contribution in [0.15, 0.2) is 34.3 Å². The number of carbonyl (C=O) groups is 1. The molecule has 1 aromatic carbocycles. The number of nitrogens with two attached hydrogens (primary N) is 2. The summed E-state index contributed by atoms with van der Waals surface area (Å²) in [6.45, 7) is 5.20. The Balaban J connectivity index is 1.58. The van der Waals surface area contributed by atoms with Crippen LogP contribution < -0.4 is 16.4 Å². The average molecular weight is 399 g/mol. The molecule has 8 nitrogen and oxygen atoms in total. The molecule has 2 atom stereocenters. The zero-order chi connectivity index (χ0) is 20.6. The number of nitrogens with zero attached hydrogens (tertiary/aromatic N) is 4. The van der Waals surface area contributed by atoms with Crippen LogP contribution in [0.1, 0.15) is 56.3 Å². The molecule has 1 amide bonds. The summed E-state index contributed by atoms with van der Waals surface area (Å²) >= 11 is 0. The summed E-state index contributed by atoms with van der Waals surface area (Å²) in [5, 5.41) is 0. The number of benzene rings is 1. The van der Waals surface area contributed by atoms with Crippen LogP contribution in [0.4, 0.5) is 5.69 Å². The number of rotatable bonds is 2.